The highest BCUT2D eigenvalue weighted by Crippen LogP contribution is 2.23. The minimum atomic E-state index is -3.30. The minimum absolute atomic E-state index is 0.128. The fraction of sp³-hybridized carbons (Fsp3) is 0.333. The van der Waals surface area contributed by atoms with Crippen molar-refractivity contribution in [2.75, 3.05) is 24.7 Å². The van der Waals surface area contributed by atoms with Crippen LogP contribution in [0.5, 0.6) is 0 Å². The van der Waals surface area contributed by atoms with Crippen molar-refractivity contribution in [2.24, 2.45) is 4.99 Å². The molecule has 0 spiro atoms. The molecule has 2 aromatic carbocycles. The Labute approximate surface area is 226 Å². The molecule has 4 rings (SSSR count). The quantitative estimate of drug-likeness (QED) is 0.175. The van der Waals surface area contributed by atoms with E-state index < -0.39 is 15.9 Å². The maximum absolute atomic E-state index is 13.3. The number of likely N-dealkylation sites (tertiary alicyclic amines) is 1. The number of nitrogens with zero attached hydrogens (tertiary/aromatic N) is 3. The van der Waals surface area contributed by atoms with Crippen molar-refractivity contribution in [1.82, 2.24) is 15.5 Å². The lowest BCUT2D eigenvalue weighted by molar-refractivity contribution is -0.136. The van der Waals surface area contributed by atoms with E-state index in [2.05, 4.69) is 20.9 Å². The van der Waals surface area contributed by atoms with Gasteiger partial charge in [0.2, 0.25) is 17.8 Å². The standard InChI is InChI=1S/C27H30N6O5S/c1-18-13-20-14-21(8-11-24(20)38-18)31-27(30-17-28)32-23-5-3-4-12-33(26(23)35)16-25(34)29-15-19-6-9-22(10-7-19)39(2,36)37/h6-11,13-14,23H,3-5,12,15-16H2,1-2H3,(H,29,34)(H2,30,31,32)/t23-/m0/s1. The van der Waals surface area contributed by atoms with Crippen molar-refractivity contribution in [1.29, 1.82) is 5.26 Å². The molecule has 1 saturated heterocycles. The van der Waals surface area contributed by atoms with Crippen molar-refractivity contribution in [3.8, 4) is 6.19 Å². The monoisotopic (exact) mass is 550 g/mol. The number of carbonyl (C=O) groups excluding carboxylic acids is 2. The molecule has 204 valence electrons. The van der Waals surface area contributed by atoms with Crippen molar-refractivity contribution in [3.63, 3.8) is 0 Å². The van der Waals surface area contributed by atoms with Crippen LogP contribution < -0.4 is 16.0 Å². The molecular weight excluding hydrogens is 520 g/mol. The van der Waals surface area contributed by atoms with Crippen LogP contribution in [-0.2, 0) is 26.0 Å². The second-order valence-corrected chi connectivity index (χ2v) is 11.4. The molecule has 1 aromatic heterocycles. The predicted octanol–water partition coefficient (Wildman–Crippen LogP) is 2.68. The first-order valence-electron chi connectivity index (χ1n) is 12.5. The summed E-state index contributed by atoms with van der Waals surface area (Å²) < 4.78 is 28.8. The lowest BCUT2D eigenvalue weighted by Gasteiger charge is -2.22. The Bertz CT molecular complexity index is 1540. The third kappa shape index (κ3) is 7.36. The molecule has 11 nitrogen and oxygen atoms in total. The summed E-state index contributed by atoms with van der Waals surface area (Å²) in [6.45, 7) is 2.36. The molecule has 0 saturated carbocycles. The molecule has 2 heterocycles. The van der Waals surface area contributed by atoms with Crippen LogP contribution in [0.3, 0.4) is 0 Å². The molecule has 2 amide bonds. The summed E-state index contributed by atoms with van der Waals surface area (Å²) in [4.78, 5) is 32.1. The number of furan rings is 1. The molecule has 0 radical (unpaired) electrons. The Balaban J connectivity index is 1.40. The average Bonchev–Trinajstić information content (AvgIpc) is 3.18. The summed E-state index contributed by atoms with van der Waals surface area (Å²) in [5.41, 5.74) is 2.15. The lowest BCUT2D eigenvalue weighted by atomic mass is 10.1. The Morgan fingerprint density at radius 1 is 1.18 bits per heavy atom. The van der Waals surface area contributed by atoms with E-state index in [-0.39, 0.29) is 35.8 Å². The first-order valence-corrected chi connectivity index (χ1v) is 14.4. The van der Waals surface area contributed by atoms with Crippen LogP contribution in [0, 0.1) is 18.4 Å². The van der Waals surface area contributed by atoms with Crippen LogP contribution in [-0.4, -0.2) is 56.5 Å². The van der Waals surface area contributed by atoms with Gasteiger partial charge in [-0.3, -0.25) is 14.9 Å². The molecule has 1 aliphatic heterocycles. The predicted molar refractivity (Wildman–Crippen MR) is 146 cm³/mol. The highest BCUT2D eigenvalue weighted by molar-refractivity contribution is 7.90. The van der Waals surface area contributed by atoms with Gasteiger partial charge >= 0.3 is 0 Å². The molecule has 0 bridgehead atoms. The number of carbonyl (C=O) groups is 2. The van der Waals surface area contributed by atoms with Crippen molar-refractivity contribution < 1.29 is 22.4 Å². The van der Waals surface area contributed by atoms with Gasteiger partial charge in [-0.1, -0.05) is 12.1 Å². The fourth-order valence-corrected chi connectivity index (χ4v) is 4.97. The van der Waals surface area contributed by atoms with Crippen LogP contribution in [0.1, 0.15) is 30.6 Å². The van der Waals surface area contributed by atoms with Crippen molar-refractivity contribution >= 4 is 44.3 Å². The molecule has 1 fully saturated rings. The Morgan fingerprint density at radius 3 is 2.67 bits per heavy atom. The van der Waals surface area contributed by atoms with Gasteiger partial charge in [0.05, 0.1) is 11.4 Å². The van der Waals surface area contributed by atoms with Gasteiger partial charge < -0.3 is 20.0 Å². The van der Waals surface area contributed by atoms with Gasteiger partial charge in [0.15, 0.2) is 16.0 Å². The zero-order valence-corrected chi connectivity index (χ0v) is 22.5. The number of nitrogens with one attached hydrogen (secondary N) is 3. The number of nitriles is 1. The van der Waals surface area contributed by atoms with Gasteiger partial charge in [-0.2, -0.15) is 5.26 Å². The van der Waals surface area contributed by atoms with E-state index in [9.17, 15) is 23.3 Å². The summed E-state index contributed by atoms with van der Waals surface area (Å²) in [5.74, 6) is 0.293. The number of guanidine groups is 1. The van der Waals surface area contributed by atoms with E-state index in [1.165, 1.54) is 17.0 Å². The number of fused-ring (bicyclic) bond motifs is 1. The van der Waals surface area contributed by atoms with Crippen LogP contribution in [0.15, 0.2) is 62.8 Å². The number of aryl methyl sites for hydroxylation is 1. The van der Waals surface area contributed by atoms with E-state index in [4.69, 9.17) is 4.42 Å². The van der Waals surface area contributed by atoms with Crippen LogP contribution in [0.4, 0.5) is 5.69 Å². The number of sulfone groups is 1. The van der Waals surface area contributed by atoms with E-state index in [1.807, 2.05) is 31.3 Å². The Morgan fingerprint density at radius 2 is 1.95 bits per heavy atom. The number of benzene rings is 2. The van der Waals surface area contributed by atoms with Gasteiger partial charge in [-0.25, -0.2) is 13.4 Å². The number of hydrogen-bond acceptors (Lipinski definition) is 7. The zero-order chi connectivity index (χ0) is 28.0. The van der Waals surface area contributed by atoms with Crippen LogP contribution in [0.25, 0.3) is 11.0 Å². The second kappa shape index (κ2) is 12.0. The lowest BCUT2D eigenvalue weighted by Crippen LogP contribution is -2.44. The van der Waals surface area contributed by atoms with Crippen molar-refractivity contribution in [3.05, 3.63) is 59.9 Å². The van der Waals surface area contributed by atoms with Gasteiger partial charge in [0, 0.05) is 30.4 Å². The smallest absolute Gasteiger partial charge is 0.247 e. The first-order chi connectivity index (χ1) is 18.6. The van der Waals surface area contributed by atoms with E-state index in [1.54, 1.807) is 18.2 Å². The normalized spacial score (nSPS) is 16.4. The molecule has 0 aliphatic carbocycles. The van der Waals surface area contributed by atoms with Crippen LogP contribution >= 0.6 is 0 Å². The Hall–Kier alpha value is -4.37. The number of aliphatic imine (C=N–C) groups is 1. The van der Waals surface area contributed by atoms with Crippen LogP contribution in [0.2, 0.25) is 0 Å². The largest absolute Gasteiger partial charge is 0.461 e. The molecule has 3 aromatic rings. The second-order valence-electron chi connectivity index (χ2n) is 9.41. The molecule has 1 atom stereocenters. The minimum Gasteiger partial charge on any atom is -0.461 e. The number of anilines is 1. The maximum Gasteiger partial charge on any atom is 0.247 e. The third-order valence-corrected chi connectivity index (χ3v) is 7.42. The molecule has 1 aliphatic rings. The Kier molecular flexibility index (Phi) is 8.51. The van der Waals surface area contributed by atoms with Gasteiger partial charge in [-0.15, -0.1) is 0 Å². The molecular formula is C27H30N6O5S. The maximum atomic E-state index is 13.3. The van der Waals surface area contributed by atoms with Crippen molar-refractivity contribution in [2.45, 2.75) is 43.7 Å². The SMILES string of the molecule is Cc1cc2cc(NC(=N[C@H]3CCCCN(CC(=O)NCc4ccc(S(C)(=O)=O)cc4)C3=O)NC#N)ccc2o1. The zero-order valence-electron chi connectivity index (χ0n) is 21.7. The number of rotatable bonds is 7. The summed E-state index contributed by atoms with van der Waals surface area (Å²) in [5, 5.41) is 18.5. The van der Waals surface area contributed by atoms with Gasteiger partial charge in [0.25, 0.3) is 0 Å². The van der Waals surface area contributed by atoms with E-state index >= 15 is 0 Å². The first kappa shape index (κ1) is 27.7. The summed E-state index contributed by atoms with van der Waals surface area (Å²) in [7, 11) is -3.30. The number of hydrogen-bond donors (Lipinski definition) is 3. The topological polar surface area (TPSA) is 157 Å². The van der Waals surface area contributed by atoms with Gasteiger partial charge in [0.1, 0.15) is 17.4 Å². The van der Waals surface area contributed by atoms with E-state index in [0.29, 0.717) is 18.7 Å². The molecule has 12 heteroatoms. The molecule has 0 unspecified atom stereocenters. The third-order valence-electron chi connectivity index (χ3n) is 6.29. The summed E-state index contributed by atoms with van der Waals surface area (Å²) in [6.07, 6.45) is 4.94. The number of amides is 2. The summed E-state index contributed by atoms with van der Waals surface area (Å²) in [6, 6.07) is 12.9. The van der Waals surface area contributed by atoms with Gasteiger partial charge in [-0.05, 0) is 68.1 Å². The average molecular weight is 551 g/mol. The highest BCUT2D eigenvalue weighted by atomic mass is 32.2. The molecule has 3 N–H and O–H groups in total. The van der Waals surface area contributed by atoms with E-state index in [0.717, 1.165) is 41.4 Å². The molecule has 39 heavy (non-hydrogen) atoms. The fourth-order valence-electron chi connectivity index (χ4n) is 4.34. The summed E-state index contributed by atoms with van der Waals surface area (Å²) >= 11 is 0. The highest BCUT2D eigenvalue weighted by Gasteiger charge is 2.28.